The summed E-state index contributed by atoms with van der Waals surface area (Å²) in [5.41, 5.74) is 0.0291. The Hall–Kier alpha value is -5.34. The number of ether oxygens (including phenoxy) is 3. The molecule has 0 saturated carbocycles. The molecule has 0 aliphatic carbocycles. The lowest BCUT2D eigenvalue weighted by Gasteiger charge is -2.49. The highest BCUT2D eigenvalue weighted by atomic mass is 32.2. The van der Waals surface area contributed by atoms with Gasteiger partial charge in [-0.2, -0.15) is 0 Å². The van der Waals surface area contributed by atoms with Crippen molar-refractivity contribution in [1.82, 2.24) is 19.9 Å². The largest absolute Gasteiger partial charge is 0.508 e. The average Bonchev–Trinajstić information content (AvgIpc) is 3.15. The van der Waals surface area contributed by atoms with Crippen LogP contribution in [0.3, 0.4) is 0 Å². The van der Waals surface area contributed by atoms with E-state index < -0.39 is 70.5 Å². The summed E-state index contributed by atoms with van der Waals surface area (Å²) in [4.78, 5) is 88.2. The van der Waals surface area contributed by atoms with Crippen LogP contribution in [0.2, 0.25) is 0 Å². The topological polar surface area (TPSA) is 252 Å². The standard InChI is InChI=1S/C33H37N6O14PS/c1-5-50-54(51-6-2,52-7-3)30(31(42)48-17-22-8-12-24(13-9-22)38(44)45)37-26(16-27(40)55-32-35-19-34-20-36-32)28(29(37)41)21(4)53-33(43)49-18-23-10-14-25(15-11-23)39(46)47/h8-15,19-21,26,28H,5-7,16-18H2,1-4H3. The average molecular weight is 805 g/mol. The molecule has 0 N–H and O–H groups in total. The molecular formula is C33H37N6O14PS. The number of rotatable bonds is 19. The van der Waals surface area contributed by atoms with Gasteiger partial charge in [0.25, 0.3) is 18.9 Å². The summed E-state index contributed by atoms with van der Waals surface area (Å²) < 4.78 is 34.3. The molecule has 1 amide bonds. The second-order valence-corrected chi connectivity index (χ2v) is 14.5. The fourth-order valence-corrected chi connectivity index (χ4v) is 8.41. The van der Waals surface area contributed by atoms with Gasteiger partial charge >= 0.3 is 12.1 Å². The van der Waals surface area contributed by atoms with Crippen LogP contribution in [0.4, 0.5) is 16.2 Å². The van der Waals surface area contributed by atoms with Crippen molar-refractivity contribution in [3.63, 3.8) is 0 Å². The molecule has 3 atom stereocenters. The van der Waals surface area contributed by atoms with Gasteiger partial charge in [0, 0.05) is 30.7 Å². The molecule has 1 aromatic heterocycles. The number of non-ortho nitro benzene ring substituents is 2. The molecule has 4 rings (SSSR count). The molecule has 2 heterocycles. The van der Waals surface area contributed by atoms with E-state index in [0.29, 0.717) is 22.9 Å². The number of nitrogens with zero attached hydrogens (tertiary/aromatic N) is 6. The van der Waals surface area contributed by atoms with Gasteiger partial charge in [0.2, 0.25) is 11.3 Å². The predicted molar refractivity (Wildman–Crippen MR) is 193 cm³/mol. The third kappa shape index (κ3) is 10.9. The van der Waals surface area contributed by atoms with Gasteiger partial charge in [-0.3, -0.25) is 34.7 Å². The lowest BCUT2D eigenvalue weighted by molar-refractivity contribution is -0.385. The van der Waals surface area contributed by atoms with Crippen LogP contribution in [0.5, 0.6) is 0 Å². The van der Waals surface area contributed by atoms with E-state index in [2.05, 4.69) is 15.0 Å². The molecule has 3 aromatic rings. The quantitative estimate of drug-likeness (QED) is 0.0385. The number of carbonyl (C=O) groups is 4. The van der Waals surface area contributed by atoms with Gasteiger partial charge < -0.3 is 27.8 Å². The number of nitro groups is 2. The third-order valence-corrected chi connectivity index (χ3v) is 11.2. The number of amides is 1. The van der Waals surface area contributed by atoms with Crippen molar-refractivity contribution in [2.75, 3.05) is 19.8 Å². The lowest BCUT2D eigenvalue weighted by atomic mass is 9.81. The van der Waals surface area contributed by atoms with Crippen LogP contribution in [0.1, 0.15) is 45.2 Å². The second kappa shape index (κ2) is 19.8. The summed E-state index contributed by atoms with van der Waals surface area (Å²) >= 11 is 0.658. The Balaban J connectivity index is 1.67. The summed E-state index contributed by atoms with van der Waals surface area (Å²) in [5.74, 6) is -3.06. The van der Waals surface area contributed by atoms with Crippen LogP contribution < -0.4 is 0 Å². The van der Waals surface area contributed by atoms with Gasteiger partial charge in [0.15, 0.2) is 10.3 Å². The minimum absolute atomic E-state index is 0.0304. The first-order valence-electron chi connectivity index (χ1n) is 16.7. The first-order valence-corrected chi connectivity index (χ1v) is 19.0. The molecule has 0 spiro atoms. The van der Waals surface area contributed by atoms with E-state index in [9.17, 15) is 39.4 Å². The number of nitro benzene ring substituents is 2. The van der Waals surface area contributed by atoms with E-state index in [4.69, 9.17) is 27.8 Å². The Bertz CT molecular complexity index is 1900. The van der Waals surface area contributed by atoms with Crippen molar-refractivity contribution >= 4 is 59.3 Å². The van der Waals surface area contributed by atoms with Gasteiger partial charge in [0.1, 0.15) is 32.0 Å². The molecule has 1 aliphatic rings. The molecule has 1 fully saturated rings. The Morgan fingerprint density at radius 2 is 1.33 bits per heavy atom. The van der Waals surface area contributed by atoms with Crippen LogP contribution in [0.15, 0.2) is 66.3 Å². The molecule has 294 valence electrons. The smallest absolute Gasteiger partial charge is 0.456 e. The van der Waals surface area contributed by atoms with Crippen LogP contribution in [0.25, 0.3) is 0 Å². The van der Waals surface area contributed by atoms with Gasteiger partial charge in [0.05, 0.1) is 41.6 Å². The molecule has 55 heavy (non-hydrogen) atoms. The van der Waals surface area contributed by atoms with E-state index in [1.54, 1.807) is 20.8 Å². The molecule has 22 heteroatoms. The number of β-lactam (4-membered cyclic amide) rings is 1. The van der Waals surface area contributed by atoms with E-state index >= 15 is 0 Å². The van der Waals surface area contributed by atoms with Gasteiger partial charge in [-0.15, -0.1) is 0 Å². The number of carbonyl (C=O) groups excluding carboxylic acids is 4. The Labute approximate surface area is 318 Å². The van der Waals surface area contributed by atoms with Crippen molar-refractivity contribution in [3.05, 3.63) is 92.5 Å². The number of aromatic nitrogens is 3. The highest BCUT2D eigenvalue weighted by molar-refractivity contribution is 8.13. The first kappa shape index (κ1) is 42.4. The molecular weight excluding hydrogens is 767 g/mol. The van der Waals surface area contributed by atoms with Crippen LogP contribution in [-0.2, 0) is 55.4 Å². The maximum atomic E-state index is 14.2. The normalized spacial score (nSPS) is 15.7. The summed E-state index contributed by atoms with van der Waals surface area (Å²) in [6.07, 6.45) is -0.416. The summed E-state index contributed by atoms with van der Waals surface area (Å²) in [5, 5.41) is 21.6. The molecule has 3 unspecified atom stereocenters. The maximum absolute atomic E-state index is 14.2. The Morgan fingerprint density at radius 1 is 0.836 bits per heavy atom. The molecule has 1 saturated heterocycles. The zero-order valence-electron chi connectivity index (χ0n) is 30.0. The highest BCUT2D eigenvalue weighted by Crippen LogP contribution is 2.55. The van der Waals surface area contributed by atoms with Crippen molar-refractivity contribution in [2.45, 2.75) is 64.6 Å². The minimum Gasteiger partial charge on any atom is -0.456 e. The third-order valence-electron chi connectivity index (χ3n) is 7.70. The van der Waals surface area contributed by atoms with E-state index in [1.807, 2.05) is 0 Å². The van der Waals surface area contributed by atoms with Crippen LogP contribution in [0, 0.1) is 26.1 Å². The predicted octanol–water partition coefficient (Wildman–Crippen LogP) is 5.01. The molecule has 1 aliphatic heterocycles. The van der Waals surface area contributed by atoms with Crippen molar-refractivity contribution in [3.8, 4) is 0 Å². The number of thioether (sulfide) groups is 1. The first-order chi connectivity index (χ1) is 26.3. The maximum Gasteiger partial charge on any atom is 0.508 e. The Kier molecular flexibility index (Phi) is 15.3. The molecule has 2 aromatic carbocycles. The van der Waals surface area contributed by atoms with Crippen molar-refractivity contribution in [1.29, 1.82) is 0 Å². The number of hydrogen-bond donors (Lipinski definition) is 0. The molecule has 0 bridgehead atoms. The fraction of sp³-hybridized carbons (Fsp3) is 0.394. The van der Waals surface area contributed by atoms with Gasteiger partial charge in [-0.1, -0.05) is 0 Å². The summed E-state index contributed by atoms with van der Waals surface area (Å²) in [6.45, 7) is 5.50. The molecule has 0 radical (unpaired) electrons. The second-order valence-electron chi connectivity index (χ2n) is 11.3. The number of hydrogen-bond acceptors (Lipinski definition) is 18. The summed E-state index contributed by atoms with van der Waals surface area (Å²) in [6, 6.07) is 9.38. The number of esters is 1. The monoisotopic (exact) mass is 804 g/mol. The lowest BCUT2D eigenvalue weighted by Crippen LogP contribution is -2.68. The summed E-state index contributed by atoms with van der Waals surface area (Å²) in [7, 11) is -3.92. The number of likely N-dealkylation sites (tertiary alicyclic amines) is 1. The van der Waals surface area contributed by atoms with Crippen LogP contribution >= 0.6 is 19.3 Å². The van der Waals surface area contributed by atoms with E-state index in [-0.39, 0.29) is 49.6 Å². The Morgan fingerprint density at radius 3 is 1.80 bits per heavy atom. The zero-order chi connectivity index (χ0) is 40.1. The fourth-order valence-electron chi connectivity index (χ4n) is 5.35. The van der Waals surface area contributed by atoms with Crippen molar-refractivity contribution in [2.24, 2.45) is 5.92 Å². The molecule has 20 nitrogen and oxygen atoms in total. The SMILES string of the molecule is CCOP(OCC)(OCC)=C(C(=O)OCc1ccc([N+](=O)[O-])cc1)N1C(=O)C(C(C)OC(=O)OCc2ccc([N+](=O)[O-])cc2)C1CC(=O)Sc1ncncn1. The van der Waals surface area contributed by atoms with Crippen molar-refractivity contribution < 1.29 is 56.8 Å². The van der Waals surface area contributed by atoms with Gasteiger partial charge in [-0.25, -0.2) is 24.5 Å². The van der Waals surface area contributed by atoms with Gasteiger partial charge in [-0.05, 0) is 74.8 Å². The minimum atomic E-state index is -3.92. The van der Waals surface area contributed by atoms with E-state index in [0.717, 1.165) is 4.90 Å². The van der Waals surface area contributed by atoms with E-state index in [1.165, 1.54) is 68.1 Å². The highest BCUT2D eigenvalue weighted by Gasteiger charge is 2.57. The van der Waals surface area contributed by atoms with Crippen LogP contribution in [-0.4, -0.2) is 90.2 Å². The zero-order valence-corrected chi connectivity index (χ0v) is 31.7. The number of benzene rings is 2.